The molecule has 5 heteroatoms. The van der Waals surface area contributed by atoms with Crippen LogP contribution in [0, 0.1) is 0 Å². The van der Waals surface area contributed by atoms with E-state index in [1.165, 1.54) is 0 Å². The van der Waals surface area contributed by atoms with E-state index in [0.717, 1.165) is 22.4 Å². The number of aryl methyl sites for hydroxylation is 2. The van der Waals surface area contributed by atoms with Crippen molar-refractivity contribution < 1.29 is 26.8 Å². The van der Waals surface area contributed by atoms with Gasteiger partial charge < -0.3 is 22.3 Å². The van der Waals surface area contributed by atoms with Crippen molar-refractivity contribution >= 4 is 11.0 Å². The number of aromatic hydroxyl groups is 1. The number of rotatable bonds is 2. The van der Waals surface area contributed by atoms with Crippen LogP contribution in [0.1, 0.15) is 0 Å². The summed E-state index contributed by atoms with van der Waals surface area (Å²) in [6.07, 6.45) is 0. The number of hydrogen-bond donors (Lipinski definition) is 1. The van der Waals surface area contributed by atoms with Crippen LogP contribution in [-0.2, 0) is 14.1 Å². The lowest BCUT2D eigenvalue weighted by Gasteiger charge is -2.04. The van der Waals surface area contributed by atoms with Gasteiger partial charge in [-0.2, -0.15) is 0 Å². The Balaban J connectivity index is 0.00000161. The summed E-state index contributed by atoms with van der Waals surface area (Å²) in [6, 6.07) is 13.7. The topological polar surface area (TPSA) is 38.3 Å². The van der Waals surface area contributed by atoms with E-state index in [0.29, 0.717) is 5.75 Å². The molecule has 0 fully saturated rings. The first-order valence-corrected chi connectivity index (χ1v) is 6.44. The summed E-state index contributed by atoms with van der Waals surface area (Å²) in [5, 5.41) is 9.97. The Bertz CT molecular complexity index is 757. The smallest absolute Gasteiger partial charge is 0.289 e. The third kappa shape index (κ3) is 2.32. The number of imidazole rings is 1. The highest BCUT2D eigenvalue weighted by atomic mass is 35.5. The van der Waals surface area contributed by atoms with E-state index in [9.17, 15) is 5.11 Å². The summed E-state index contributed by atoms with van der Waals surface area (Å²) in [4.78, 5) is 0. The second kappa shape index (κ2) is 5.66. The predicted octanol–water partition coefficient (Wildman–Crippen LogP) is -0.612. The number of aromatic nitrogens is 2. The maximum atomic E-state index is 9.97. The van der Waals surface area contributed by atoms with E-state index < -0.39 is 0 Å². The molecule has 1 aromatic heterocycles. The summed E-state index contributed by atoms with van der Waals surface area (Å²) < 4.78 is 9.33. The maximum Gasteiger partial charge on any atom is 0.289 e. The number of halogens is 1. The molecule has 0 saturated carbocycles. The fourth-order valence-corrected chi connectivity index (χ4v) is 2.70. The summed E-state index contributed by atoms with van der Waals surface area (Å²) >= 11 is 0. The van der Waals surface area contributed by atoms with Gasteiger partial charge >= 0.3 is 0 Å². The molecule has 4 nitrogen and oxygen atoms in total. The molecule has 0 spiro atoms. The number of methoxy groups -OCH3 is 1. The minimum atomic E-state index is 0. The summed E-state index contributed by atoms with van der Waals surface area (Å²) in [5.74, 6) is 1.66. The second-order valence-electron chi connectivity index (χ2n) is 4.82. The van der Waals surface area contributed by atoms with Crippen LogP contribution in [-0.4, -0.2) is 16.8 Å². The molecule has 2 aromatic carbocycles. The lowest BCUT2D eigenvalue weighted by Crippen LogP contribution is -3.00. The summed E-state index contributed by atoms with van der Waals surface area (Å²) in [6.45, 7) is 0. The summed E-state index contributed by atoms with van der Waals surface area (Å²) in [7, 11) is 5.60. The molecule has 0 bridgehead atoms. The molecular formula is C16H17ClN2O2. The number of hydrogen-bond acceptors (Lipinski definition) is 2. The third-order valence-electron chi connectivity index (χ3n) is 3.68. The molecule has 110 valence electrons. The molecule has 3 aromatic rings. The van der Waals surface area contributed by atoms with E-state index in [2.05, 4.69) is 21.3 Å². The number of ether oxygens (including phenoxy) is 1. The first-order chi connectivity index (χ1) is 9.63. The molecule has 0 unspecified atom stereocenters. The zero-order valence-electron chi connectivity index (χ0n) is 12.2. The Morgan fingerprint density at radius 3 is 2.48 bits per heavy atom. The van der Waals surface area contributed by atoms with Crippen molar-refractivity contribution in [3.8, 4) is 22.9 Å². The van der Waals surface area contributed by atoms with Gasteiger partial charge in [-0.05, 0) is 30.3 Å². The molecule has 0 atom stereocenters. The van der Waals surface area contributed by atoms with Crippen LogP contribution in [0.5, 0.6) is 11.5 Å². The molecule has 0 aliphatic rings. The highest BCUT2D eigenvalue weighted by Gasteiger charge is 2.22. The molecule has 0 amide bonds. The van der Waals surface area contributed by atoms with E-state index in [1.54, 1.807) is 19.2 Å². The number of phenols is 1. The molecular weight excluding hydrogens is 288 g/mol. The van der Waals surface area contributed by atoms with Crippen molar-refractivity contribution in [3.63, 3.8) is 0 Å². The fourth-order valence-electron chi connectivity index (χ4n) is 2.70. The minimum Gasteiger partial charge on any atom is -1.00 e. The third-order valence-corrected chi connectivity index (χ3v) is 3.68. The van der Waals surface area contributed by atoms with Crippen LogP contribution < -0.4 is 21.7 Å². The molecule has 21 heavy (non-hydrogen) atoms. The van der Waals surface area contributed by atoms with Gasteiger partial charge in [-0.25, -0.2) is 9.13 Å². The lowest BCUT2D eigenvalue weighted by molar-refractivity contribution is -0.634. The van der Waals surface area contributed by atoms with Gasteiger partial charge in [0, 0.05) is 0 Å². The average molecular weight is 305 g/mol. The van der Waals surface area contributed by atoms with Crippen molar-refractivity contribution in [1.82, 2.24) is 4.57 Å². The molecule has 0 radical (unpaired) electrons. The first kappa shape index (κ1) is 15.2. The molecule has 1 N–H and O–H groups in total. The molecule has 1 heterocycles. The quantitative estimate of drug-likeness (QED) is 0.642. The number of benzene rings is 2. The van der Waals surface area contributed by atoms with Crippen LogP contribution >= 0.6 is 0 Å². The van der Waals surface area contributed by atoms with Crippen molar-refractivity contribution in [3.05, 3.63) is 42.5 Å². The fraction of sp³-hybridized carbons (Fsp3) is 0.188. The number of para-hydroxylation sites is 2. The van der Waals surface area contributed by atoms with Crippen molar-refractivity contribution in [2.75, 3.05) is 7.11 Å². The minimum absolute atomic E-state index is 0. The Morgan fingerprint density at radius 2 is 1.86 bits per heavy atom. The number of nitrogens with zero attached hydrogens (tertiary/aromatic N) is 2. The van der Waals surface area contributed by atoms with Crippen molar-refractivity contribution in [2.45, 2.75) is 0 Å². The van der Waals surface area contributed by atoms with Gasteiger partial charge in [0.1, 0.15) is 0 Å². The van der Waals surface area contributed by atoms with Gasteiger partial charge in [0.25, 0.3) is 5.82 Å². The van der Waals surface area contributed by atoms with Crippen LogP contribution in [0.3, 0.4) is 0 Å². The Morgan fingerprint density at radius 1 is 1.14 bits per heavy atom. The molecule has 0 aliphatic carbocycles. The van der Waals surface area contributed by atoms with Crippen LogP contribution in [0.15, 0.2) is 42.5 Å². The molecule has 0 saturated heterocycles. The largest absolute Gasteiger partial charge is 1.00 e. The molecule has 0 aliphatic heterocycles. The monoisotopic (exact) mass is 304 g/mol. The first-order valence-electron chi connectivity index (χ1n) is 6.44. The van der Waals surface area contributed by atoms with E-state index in [1.807, 2.05) is 32.3 Å². The number of phenolic OH excluding ortho intramolecular Hbond substituents is 1. The standard InChI is InChI=1S/C16H16N2O2.ClH/c1-17-12-6-4-5-7-13(12)18(2)16(17)11-8-9-15(20-3)14(19)10-11;/h4-10H,1-3H3;1H. The summed E-state index contributed by atoms with van der Waals surface area (Å²) in [5.41, 5.74) is 3.25. The normalized spacial score (nSPS) is 10.4. The van der Waals surface area contributed by atoms with Crippen molar-refractivity contribution in [1.29, 1.82) is 0 Å². The zero-order valence-corrected chi connectivity index (χ0v) is 12.9. The predicted molar refractivity (Wildman–Crippen MR) is 77.7 cm³/mol. The van der Waals surface area contributed by atoms with Crippen LogP contribution in [0.4, 0.5) is 0 Å². The SMILES string of the molecule is COc1ccc(-c2n(C)c3ccccc3[n+]2C)cc1O.[Cl-]. The zero-order chi connectivity index (χ0) is 14.3. The van der Waals surface area contributed by atoms with E-state index in [-0.39, 0.29) is 18.2 Å². The van der Waals surface area contributed by atoms with Gasteiger partial charge in [0.2, 0.25) is 0 Å². The average Bonchev–Trinajstić information content (AvgIpc) is 2.71. The van der Waals surface area contributed by atoms with Gasteiger partial charge in [-0.1, -0.05) is 12.1 Å². The van der Waals surface area contributed by atoms with Gasteiger partial charge in [0.05, 0.1) is 26.8 Å². The van der Waals surface area contributed by atoms with Crippen LogP contribution in [0.25, 0.3) is 22.4 Å². The Hall–Kier alpha value is -2.20. The van der Waals surface area contributed by atoms with Gasteiger partial charge in [-0.3, -0.25) is 0 Å². The number of fused-ring (bicyclic) bond motifs is 1. The van der Waals surface area contributed by atoms with E-state index >= 15 is 0 Å². The lowest BCUT2D eigenvalue weighted by atomic mass is 10.2. The van der Waals surface area contributed by atoms with Crippen molar-refractivity contribution in [2.24, 2.45) is 14.1 Å². The van der Waals surface area contributed by atoms with Gasteiger partial charge in [-0.15, -0.1) is 0 Å². The maximum absolute atomic E-state index is 9.97. The molecule has 3 rings (SSSR count). The Labute approximate surface area is 129 Å². The highest BCUT2D eigenvalue weighted by Crippen LogP contribution is 2.31. The second-order valence-corrected chi connectivity index (χ2v) is 4.82. The highest BCUT2D eigenvalue weighted by molar-refractivity contribution is 5.76. The van der Waals surface area contributed by atoms with E-state index in [4.69, 9.17) is 4.74 Å². The van der Waals surface area contributed by atoms with Gasteiger partial charge in [0.15, 0.2) is 22.5 Å². The Kier molecular flexibility index (Phi) is 4.09. The van der Waals surface area contributed by atoms with Crippen LogP contribution in [0.2, 0.25) is 0 Å².